The van der Waals surface area contributed by atoms with Crippen molar-refractivity contribution in [3.8, 4) is 0 Å². The summed E-state index contributed by atoms with van der Waals surface area (Å²) in [4.78, 5) is 38.6. The van der Waals surface area contributed by atoms with Crippen molar-refractivity contribution >= 4 is 17.8 Å². The SMILES string of the molecule is COC(C)C(=O)NC(C(=O)N1C[C@H]2[C@@H]([C@H]1C(=O)O)C2(C)C)C(C)(C)C. The number of amides is 2. The number of methoxy groups -OCH3 is 1. The minimum Gasteiger partial charge on any atom is -0.480 e. The molecule has 2 unspecified atom stereocenters. The lowest BCUT2D eigenvalue weighted by Crippen LogP contribution is -2.59. The fourth-order valence-electron chi connectivity index (χ4n) is 3.98. The molecule has 0 aromatic rings. The fourth-order valence-corrected chi connectivity index (χ4v) is 3.98. The van der Waals surface area contributed by atoms with Crippen LogP contribution in [0.3, 0.4) is 0 Å². The maximum Gasteiger partial charge on any atom is 0.326 e. The molecule has 2 aliphatic rings. The van der Waals surface area contributed by atoms with Crippen molar-refractivity contribution in [3.63, 3.8) is 0 Å². The highest BCUT2D eigenvalue weighted by molar-refractivity contribution is 5.93. The third kappa shape index (κ3) is 3.38. The van der Waals surface area contributed by atoms with Crippen molar-refractivity contribution in [2.24, 2.45) is 22.7 Å². The largest absolute Gasteiger partial charge is 0.480 e. The van der Waals surface area contributed by atoms with Crippen LogP contribution in [0.2, 0.25) is 0 Å². The molecule has 2 fully saturated rings. The lowest BCUT2D eigenvalue weighted by molar-refractivity contribution is -0.153. The van der Waals surface area contributed by atoms with Gasteiger partial charge in [-0.15, -0.1) is 0 Å². The van der Waals surface area contributed by atoms with Gasteiger partial charge in [-0.05, 0) is 23.7 Å². The van der Waals surface area contributed by atoms with E-state index < -0.39 is 29.6 Å². The van der Waals surface area contributed by atoms with E-state index in [1.54, 1.807) is 6.92 Å². The van der Waals surface area contributed by atoms with Gasteiger partial charge < -0.3 is 20.1 Å². The number of aliphatic carboxylic acids is 1. The number of carbonyl (C=O) groups excluding carboxylic acids is 2. The number of nitrogens with one attached hydrogen (secondary N) is 1. The Hall–Kier alpha value is -1.63. The zero-order valence-corrected chi connectivity index (χ0v) is 16.1. The smallest absolute Gasteiger partial charge is 0.326 e. The number of ether oxygens (including phenoxy) is 1. The number of carbonyl (C=O) groups is 3. The summed E-state index contributed by atoms with van der Waals surface area (Å²) < 4.78 is 5.01. The molecule has 142 valence electrons. The standard InChI is InChI=1S/C18H30N2O5/c1-9(25-7)14(21)19-13(17(2,3)4)15(22)20-8-10-11(18(10,5)6)12(20)16(23)24/h9-13H,8H2,1-7H3,(H,19,21)(H,23,24)/t9?,10-,11-,12-,13?/m0/s1. The van der Waals surface area contributed by atoms with Crippen LogP contribution in [0.25, 0.3) is 0 Å². The normalized spacial score (nSPS) is 29.6. The number of rotatable bonds is 5. The number of carboxylic acid groups (broad SMARTS) is 1. The van der Waals surface area contributed by atoms with Gasteiger partial charge in [0.1, 0.15) is 18.2 Å². The first-order chi connectivity index (χ1) is 11.3. The van der Waals surface area contributed by atoms with Crippen molar-refractivity contribution < 1.29 is 24.2 Å². The molecule has 2 rings (SSSR count). The lowest BCUT2D eigenvalue weighted by Gasteiger charge is -2.37. The molecule has 0 aromatic heterocycles. The third-order valence-electron chi connectivity index (χ3n) is 5.87. The molecule has 5 atom stereocenters. The van der Waals surface area contributed by atoms with Crippen LogP contribution in [0, 0.1) is 22.7 Å². The van der Waals surface area contributed by atoms with Gasteiger partial charge in [0.15, 0.2) is 0 Å². The zero-order valence-electron chi connectivity index (χ0n) is 16.1. The summed E-state index contributed by atoms with van der Waals surface area (Å²) in [6.07, 6.45) is -0.682. The number of fused-ring (bicyclic) bond motifs is 1. The van der Waals surface area contributed by atoms with E-state index in [9.17, 15) is 19.5 Å². The van der Waals surface area contributed by atoms with Crippen molar-refractivity contribution in [2.75, 3.05) is 13.7 Å². The first kappa shape index (κ1) is 19.7. The molecule has 1 heterocycles. The topological polar surface area (TPSA) is 95.9 Å². The molecule has 2 amide bonds. The average molecular weight is 354 g/mol. The van der Waals surface area contributed by atoms with Crippen LogP contribution in [0.15, 0.2) is 0 Å². The monoisotopic (exact) mass is 354 g/mol. The minimum absolute atomic E-state index is 0.0248. The van der Waals surface area contributed by atoms with Crippen molar-refractivity contribution in [1.82, 2.24) is 10.2 Å². The molecule has 0 bridgehead atoms. The number of piperidine rings is 1. The predicted molar refractivity (Wildman–Crippen MR) is 91.8 cm³/mol. The minimum atomic E-state index is -0.976. The maximum absolute atomic E-state index is 13.1. The van der Waals surface area contributed by atoms with E-state index in [2.05, 4.69) is 5.32 Å². The molecule has 0 aromatic carbocycles. The molecule has 25 heavy (non-hydrogen) atoms. The quantitative estimate of drug-likeness (QED) is 0.771. The molecule has 1 saturated heterocycles. The molecule has 1 aliphatic heterocycles. The number of likely N-dealkylation sites (tertiary alicyclic amines) is 1. The van der Waals surface area contributed by atoms with Gasteiger partial charge in [0.2, 0.25) is 11.8 Å². The Morgan fingerprint density at radius 2 is 1.84 bits per heavy atom. The summed E-state index contributed by atoms with van der Waals surface area (Å²) >= 11 is 0. The van der Waals surface area contributed by atoms with E-state index >= 15 is 0 Å². The Morgan fingerprint density at radius 3 is 2.28 bits per heavy atom. The van der Waals surface area contributed by atoms with Gasteiger partial charge in [0.25, 0.3) is 0 Å². The summed E-state index contributed by atoms with van der Waals surface area (Å²) in [6, 6.07) is -1.63. The van der Waals surface area contributed by atoms with Crippen LogP contribution >= 0.6 is 0 Å². The maximum atomic E-state index is 13.1. The summed E-state index contributed by atoms with van der Waals surface area (Å²) in [5, 5.41) is 12.4. The fraction of sp³-hybridized carbons (Fsp3) is 0.833. The molecule has 1 saturated carbocycles. The number of hydrogen-bond donors (Lipinski definition) is 2. The molecule has 0 spiro atoms. The van der Waals surface area contributed by atoms with Gasteiger partial charge in [-0.2, -0.15) is 0 Å². The van der Waals surface area contributed by atoms with E-state index in [1.165, 1.54) is 12.0 Å². The second-order valence-electron chi connectivity index (χ2n) is 8.91. The first-order valence-electron chi connectivity index (χ1n) is 8.70. The highest BCUT2D eigenvalue weighted by atomic mass is 16.5. The van der Waals surface area contributed by atoms with Crippen LogP contribution in [-0.4, -0.2) is 59.6 Å². The Labute approximate surface area is 149 Å². The summed E-state index contributed by atoms with van der Waals surface area (Å²) in [5.41, 5.74) is -0.601. The second-order valence-corrected chi connectivity index (χ2v) is 8.91. The molecular weight excluding hydrogens is 324 g/mol. The van der Waals surface area contributed by atoms with E-state index in [0.717, 1.165) is 0 Å². The highest BCUT2D eigenvalue weighted by Gasteiger charge is 2.70. The van der Waals surface area contributed by atoms with Gasteiger partial charge in [-0.25, -0.2) is 4.79 Å². The molecular formula is C18H30N2O5. The third-order valence-corrected chi connectivity index (χ3v) is 5.87. The van der Waals surface area contributed by atoms with E-state index in [-0.39, 0.29) is 29.1 Å². The van der Waals surface area contributed by atoms with Gasteiger partial charge in [0.05, 0.1) is 0 Å². The van der Waals surface area contributed by atoms with Crippen LogP contribution in [0.4, 0.5) is 0 Å². The van der Waals surface area contributed by atoms with Crippen LogP contribution in [0.5, 0.6) is 0 Å². The second kappa shape index (κ2) is 6.27. The molecule has 7 heteroatoms. The molecule has 0 radical (unpaired) electrons. The lowest BCUT2D eigenvalue weighted by atomic mass is 9.85. The highest BCUT2D eigenvalue weighted by Crippen LogP contribution is 2.64. The Bertz CT molecular complexity index is 581. The van der Waals surface area contributed by atoms with Gasteiger partial charge in [0, 0.05) is 19.6 Å². The number of nitrogens with zero attached hydrogens (tertiary/aromatic N) is 1. The zero-order chi connectivity index (χ0) is 19.3. The summed E-state index contributed by atoms with van der Waals surface area (Å²) in [7, 11) is 1.43. The number of hydrogen-bond acceptors (Lipinski definition) is 4. The molecule has 1 aliphatic carbocycles. The van der Waals surface area contributed by atoms with Gasteiger partial charge >= 0.3 is 5.97 Å². The van der Waals surface area contributed by atoms with Crippen molar-refractivity contribution in [2.45, 2.75) is 59.7 Å². The van der Waals surface area contributed by atoms with Gasteiger partial charge in [-0.3, -0.25) is 9.59 Å². The van der Waals surface area contributed by atoms with Crippen molar-refractivity contribution in [1.29, 1.82) is 0 Å². The molecule has 2 N–H and O–H groups in total. The predicted octanol–water partition coefficient (Wildman–Crippen LogP) is 1.12. The van der Waals surface area contributed by atoms with Crippen LogP contribution in [0.1, 0.15) is 41.5 Å². The van der Waals surface area contributed by atoms with Crippen LogP contribution in [-0.2, 0) is 19.1 Å². The molecule has 7 nitrogen and oxygen atoms in total. The van der Waals surface area contributed by atoms with Crippen molar-refractivity contribution in [3.05, 3.63) is 0 Å². The summed E-state index contributed by atoms with van der Waals surface area (Å²) in [5.74, 6) is -1.52. The Balaban J connectivity index is 2.23. The van der Waals surface area contributed by atoms with Crippen LogP contribution < -0.4 is 5.32 Å². The van der Waals surface area contributed by atoms with E-state index in [1.807, 2.05) is 34.6 Å². The number of carboxylic acids is 1. The van der Waals surface area contributed by atoms with E-state index in [4.69, 9.17) is 4.74 Å². The van der Waals surface area contributed by atoms with E-state index in [0.29, 0.717) is 6.54 Å². The van der Waals surface area contributed by atoms with Gasteiger partial charge in [-0.1, -0.05) is 34.6 Å². The average Bonchev–Trinajstić information content (AvgIpc) is 2.88. The first-order valence-corrected chi connectivity index (χ1v) is 8.70. The summed E-state index contributed by atoms with van der Waals surface area (Å²) in [6.45, 7) is 11.7. The Kier molecular flexibility index (Phi) is 4.94. The Morgan fingerprint density at radius 1 is 1.28 bits per heavy atom.